The molecular formula is C23H28ClFN4O4S2. The van der Waals surface area contributed by atoms with Crippen LogP contribution in [0.1, 0.15) is 16.8 Å². The number of sulfonamides is 1. The molecule has 0 radical (unpaired) electrons. The van der Waals surface area contributed by atoms with Crippen molar-refractivity contribution in [3.8, 4) is 0 Å². The maximum atomic E-state index is 13.7. The Kier molecular flexibility index (Phi) is 9.19. The third-order valence-electron chi connectivity index (χ3n) is 5.65. The molecule has 35 heavy (non-hydrogen) atoms. The van der Waals surface area contributed by atoms with Gasteiger partial charge in [0, 0.05) is 45.8 Å². The summed E-state index contributed by atoms with van der Waals surface area (Å²) in [4.78, 5) is 22.1. The van der Waals surface area contributed by atoms with Gasteiger partial charge in [-0.2, -0.15) is 0 Å². The predicted octanol–water partition coefficient (Wildman–Crippen LogP) is 3.48. The van der Waals surface area contributed by atoms with Crippen molar-refractivity contribution in [1.82, 2.24) is 14.2 Å². The zero-order chi connectivity index (χ0) is 24.3. The van der Waals surface area contributed by atoms with Crippen LogP contribution in [0.4, 0.5) is 9.52 Å². The van der Waals surface area contributed by atoms with Crippen LogP contribution >= 0.6 is 23.7 Å². The second-order valence-electron chi connectivity index (χ2n) is 8.18. The van der Waals surface area contributed by atoms with Crippen molar-refractivity contribution < 1.29 is 22.3 Å². The number of hydrogen-bond acceptors (Lipinski definition) is 7. The van der Waals surface area contributed by atoms with Gasteiger partial charge in [-0.3, -0.25) is 14.6 Å². The van der Waals surface area contributed by atoms with E-state index in [4.69, 9.17) is 4.74 Å². The van der Waals surface area contributed by atoms with Crippen LogP contribution in [0.2, 0.25) is 0 Å². The van der Waals surface area contributed by atoms with Gasteiger partial charge in [0.25, 0.3) is 5.91 Å². The van der Waals surface area contributed by atoms with E-state index in [0.717, 1.165) is 30.4 Å². The summed E-state index contributed by atoms with van der Waals surface area (Å²) in [6.07, 6.45) is 0.725. The van der Waals surface area contributed by atoms with Gasteiger partial charge < -0.3 is 4.74 Å². The van der Waals surface area contributed by atoms with E-state index >= 15 is 0 Å². The van der Waals surface area contributed by atoms with Crippen molar-refractivity contribution in [1.29, 1.82) is 0 Å². The minimum Gasteiger partial charge on any atom is -0.379 e. The minimum atomic E-state index is -3.59. The number of anilines is 1. The van der Waals surface area contributed by atoms with Crippen LogP contribution < -0.4 is 4.90 Å². The lowest BCUT2D eigenvalue weighted by molar-refractivity contribution is 0.0376. The normalized spacial score (nSPS) is 14.7. The number of amides is 1. The second kappa shape index (κ2) is 11.7. The highest BCUT2D eigenvalue weighted by Gasteiger charge is 2.23. The number of fused-ring (bicyclic) bond motifs is 1. The third-order valence-corrected chi connectivity index (χ3v) is 8.53. The van der Waals surface area contributed by atoms with Crippen molar-refractivity contribution in [3.63, 3.8) is 0 Å². The lowest BCUT2D eigenvalue weighted by Gasteiger charge is -2.27. The lowest BCUT2D eigenvalue weighted by Crippen LogP contribution is -2.39. The number of hydrogen-bond donors (Lipinski definition) is 0. The molecule has 1 amide bonds. The van der Waals surface area contributed by atoms with Crippen molar-refractivity contribution in [3.05, 3.63) is 53.8 Å². The Morgan fingerprint density at radius 1 is 1.14 bits per heavy atom. The first-order valence-corrected chi connectivity index (χ1v) is 13.2. The highest BCUT2D eigenvalue weighted by atomic mass is 35.5. The van der Waals surface area contributed by atoms with E-state index in [2.05, 4.69) is 9.88 Å². The van der Waals surface area contributed by atoms with Gasteiger partial charge >= 0.3 is 0 Å². The van der Waals surface area contributed by atoms with E-state index in [1.807, 2.05) is 0 Å². The maximum absolute atomic E-state index is 13.7. The molecule has 0 spiro atoms. The molecule has 0 bridgehead atoms. The van der Waals surface area contributed by atoms with Gasteiger partial charge in [-0.05, 0) is 48.9 Å². The fraction of sp³-hybridized carbons (Fsp3) is 0.391. The number of thiazole rings is 1. The number of rotatable bonds is 8. The summed E-state index contributed by atoms with van der Waals surface area (Å²) in [6.45, 7) is 4.36. The van der Waals surface area contributed by atoms with Crippen LogP contribution in [0.25, 0.3) is 10.2 Å². The van der Waals surface area contributed by atoms with Crippen molar-refractivity contribution in [2.45, 2.75) is 11.3 Å². The summed E-state index contributed by atoms with van der Waals surface area (Å²) in [5, 5.41) is 0.484. The predicted molar refractivity (Wildman–Crippen MR) is 138 cm³/mol. The number of nitrogens with zero attached hydrogens (tertiary/aromatic N) is 4. The molecule has 0 N–H and O–H groups in total. The van der Waals surface area contributed by atoms with E-state index in [1.165, 1.54) is 61.8 Å². The fourth-order valence-corrected chi connectivity index (χ4v) is 5.62. The standard InChI is InChI=1S/C23H27FN4O4S2.ClH/c1-26(2)34(30,31)19-7-4-17(5-8-19)22(29)28(11-3-10-27-12-14-32-15-13-27)23-25-20-9-6-18(24)16-21(20)33-23;/h4-9,16H,3,10-15H2,1-2H3;1H. The number of ether oxygens (including phenoxy) is 1. The summed E-state index contributed by atoms with van der Waals surface area (Å²) in [5.41, 5.74) is 0.981. The van der Waals surface area contributed by atoms with Gasteiger partial charge in [-0.1, -0.05) is 11.3 Å². The smallest absolute Gasteiger partial charge is 0.260 e. The molecule has 1 aliphatic rings. The summed E-state index contributed by atoms with van der Waals surface area (Å²) >= 11 is 1.26. The van der Waals surface area contributed by atoms with Gasteiger partial charge in [0.05, 0.1) is 28.3 Å². The Morgan fingerprint density at radius 3 is 2.49 bits per heavy atom. The summed E-state index contributed by atoms with van der Waals surface area (Å²) in [7, 11) is -0.675. The zero-order valence-electron chi connectivity index (χ0n) is 19.5. The van der Waals surface area contributed by atoms with Crippen LogP contribution in [0.15, 0.2) is 47.4 Å². The first-order chi connectivity index (χ1) is 16.3. The molecule has 190 valence electrons. The molecule has 1 aliphatic heterocycles. The van der Waals surface area contributed by atoms with Crippen LogP contribution in [0.3, 0.4) is 0 Å². The van der Waals surface area contributed by atoms with E-state index in [0.29, 0.717) is 40.7 Å². The van der Waals surface area contributed by atoms with Gasteiger partial charge in [-0.25, -0.2) is 22.1 Å². The lowest BCUT2D eigenvalue weighted by atomic mass is 10.2. The monoisotopic (exact) mass is 542 g/mol. The number of benzene rings is 2. The summed E-state index contributed by atoms with van der Waals surface area (Å²) in [5.74, 6) is -0.638. The Labute approximate surface area is 214 Å². The van der Waals surface area contributed by atoms with E-state index in [-0.39, 0.29) is 29.0 Å². The third kappa shape index (κ3) is 6.35. The Morgan fingerprint density at radius 2 is 1.83 bits per heavy atom. The minimum absolute atomic E-state index is 0. The maximum Gasteiger partial charge on any atom is 0.260 e. The molecule has 3 aromatic rings. The average Bonchev–Trinajstić information content (AvgIpc) is 3.25. The SMILES string of the molecule is CN(C)S(=O)(=O)c1ccc(C(=O)N(CCCN2CCOCC2)c2nc3ccc(F)cc3s2)cc1.Cl. The quantitative estimate of drug-likeness (QED) is 0.433. The van der Waals surface area contributed by atoms with Gasteiger partial charge in [0.15, 0.2) is 5.13 Å². The topological polar surface area (TPSA) is 83.1 Å². The van der Waals surface area contributed by atoms with E-state index < -0.39 is 10.0 Å². The van der Waals surface area contributed by atoms with Crippen LogP contribution in [-0.2, 0) is 14.8 Å². The first kappa shape index (κ1) is 27.4. The molecule has 0 atom stereocenters. The largest absolute Gasteiger partial charge is 0.379 e. The molecule has 2 heterocycles. The molecule has 1 aromatic heterocycles. The van der Waals surface area contributed by atoms with E-state index in [1.54, 1.807) is 11.0 Å². The van der Waals surface area contributed by atoms with Crippen LogP contribution in [0.5, 0.6) is 0 Å². The number of aromatic nitrogens is 1. The van der Waals surface area contributed by atoms with Crippen molar-refractivity contribution in [2.24, 2.45) is 0 Å². The fourth-order valence-electron chi connectivity index (χ4n) is 3.70. The molecule has 0 aliphatic carbocycles. The molecular weight excluding hydrogens is 515 g/mol. The highest BCUT2D eigenvalue weighted by Crippen LogP contribution is 2.30. The first-order valence-electron chi connectivity index (χ1n) is 11.0. The molecule has 8 nitrogen and oxygen atoms in total. The van der Waals surface area contributed by atoms with E-state index in [9.17, 15) is 17.6 Å². The number of carbonyl (C=O) groups excluding carboxylic acids is 1. The number of carbonyl (C=O) groups is 1. The van der Waals surface area contributed by atoms with Gasteiger partial charge in [0.2, 0.25) is 10.0 Å². The highest BCUT2D eigenvalue weighted by molar-refractivity contribution is 7.89. The Hall–Kier alpha value is -2.15. The molecule has 0 saturated carbocycles. The molecule has 2 aromatic carbocycles. The molecule has 0 unspecified atom stereocenters. The number of morpholine rings is 1. The molecule has 1 fully saturated rings. The average molecular weight is 543 g/mol. The summed E-state index contributed by atoms with van der Waals surface area (Å²) in [6, 6.07) is 10.3. The van der Waals surface area contributed by atoms with Crippen LogP contribution in [-0.4, -0.2) is 82.0 Å². The van der Waals surface area contributed by atoms with Crippen LogP contribution in [0, 0.1) is 5.82 Å². The number of halogens is 2. The molecule has 4 rings (SSSR count). The molecule has 12 heteroatoms. The summed E-state index contributed by atoms with van der Waals surface area (Å²) < 4.78 is 45.6. The Bertz CT molecular complexity index is 1260. The van der Waals surface area contributed by atoms with Gasteiger partial charge in [0.1, 0.15) is 5.82 Å². The van der Waals surface area contributed by atoms with Crippen molar-refractivity contribution in [2.75, 3.05) is 58.4 Å². The second-order valence-corrected chi connectivity index (χ2v) is 11.3. The van der Waals surface area contributed by atoms with Crippen molar-refractivity contribution >= 4 is 55.0 Å². The zero-order valence-corrected chi connectivity index (χ0v) is 22.0. The molecule has 1 saturated heterocycles. The Balaban J connectivity index is 0.00000342. The van der Waals surface area contributed by atoms with Gasteiger partial charge in [-0.15, -0.1) is 12.4 Å².